The number of aryl methyl sites for hydroxylation is 1. The summed E-state index contributed by atoms with van der Waals surface area (Å²) in [6, 6.07) is 11.8. The highest BCUT2D eigenvalue weighted by Crippen LogP contribution is 2.21. The zero-order chi connectivity index (χ0) is 20.4. The van der Waals surface area contributed by atoms with Crippen molar-refractivity contribution in [2.75, 3.05) is 13.2 Å². The fourth-order valence-corrected chi connectivity index (χ4v) is 3.65. The summed E-state index contributed by atoms with van der Waals surface area (Å²) in [6.07, 6.45) is 1.97. The number of hydrogen-bond donors (Lipinski definition) is 1. The van der Waals surface area contributed by atoms with Gasteiger partial charge >= 0.3 is 0 Å². The topological polar surface area (TPSA) is 63.8 Å². The minimum Gasteiger partial charge on any atom is -0.438 e. The number of hydrogen-bond acceptors (Lipinski definition) is 4. The zero-order valence-electron chi connectivity index (χ0n) is 15.9. The van der Waals surface area contributed by atoms with Crippen LogP contribution < -0.4 is 10.9 Å². The fraction of sp³-hybridized carbons (Fsp3) is 0.273. The van der Waals surface area contributed by atoms with Crippen molar-refractivity contribution in [3.8, 4) is 0 Å². The van der Waals surface area contributed by atoms with Gasteiger partial charge in [-0.3, -0.25) is 4.79 Å². The molecule has 1 aromatic heterocycles. The summed E-state index contributed by atoms with van der Waals surface area (Å²) in [6.45, 7) is 2.83. The Hall–Kier alpha value is -2.51. The highest BCUT2D eigenvalue weighted by atomic mass is 79.9. The average Bonchev–Trinajstić information content (AvgIpc) is 3.22. The molecule has 0 saturated carbocycles. The third-order valence-corrected chi connectivity index (χ3v) is 5.33. The summed E-state index contributed by atoms with van der Waals surface area (Å²) in [5.74, 6) is -0.595. The molecule has 1 amide bonds. The molecule has 1 aliphatic heterocycles. The zero-order valence-corrected chi connectivity index (χ0v) is 17.5. The smallest absolute Gasteiger partial charge is 0.256 e. The molecule has 0 radical (unpaired) electrons. The van der Waals surface area contributed by atoms with Crippen LogP contribution in [0.3, 0.4) is 0 Å². The first kappa shape index (κ1) is 19.8. The minimum atomic E-state index is -0.307. The first-order chi connectivity index (χ1) is 14.0. The third kappa shape index (κ3) is 4.57. The van der Waals surface area contributed by atoms with Gasteiger partial charge in [-0.05, 0) is 67.8 Å². The van der Waals surface area contributed by atoms with Crippen molar-refractivity contribution in [3.05, 3.63) is 69.4 Å². The molecule has 7 heteroatoms. The molecule has 2 aromatic carbocycles. The SMILES string of the molecule is Cc1cc(N=c2oc3ccc(Br)cc3cc2C(=O)NC[C@@H]2CCCO2)ccc1F. The number of carbonyl (C=O) groups excluding carboxylic acids is 1. The second-order valence-corrected chi connectivity index (χ2v) is 7.95. The van der Waals surface area contributed by atoms with Crippen LogP contribution in [-0.2, 0) is 4.74 Å². The van der Waals surface area contributed by atoms with Crippen molar-refractivity contribution < 1.29 is 18.3 Å². The lowest BCUT2D eigenvalue weighted by Gasteiger charge is -2.11. The van der Waals surface area contributed by atoms with E-state index in [1.807, 2.05) is 18.2 Å². The van der Waals surface area contributed by atoms with E-state index >= 15 is 0 Å². The van der Waals surface area contributed by atoms with Crippen molar-refractivity contribution in [2.45, 2.75) is 25.9 Å². The highest BCUT2D eigenvalue weighted by molar-refractivity contribution is 9.10. The molecule has 3 aromatic rings. The number of nitrogens with one attached hydrogen (secondary N) is 1. The van der Waals surface area contributed by atoms with Crippen LogP contribution in [0.4, 0.5) is 10.1 Å². The van der Waals surface area contributed by atoms with E-state index in [9.17, 15) is 9.18 Å². The van der Waals surface area contributed by atoms with Gasteiger partial charge in [0.1, 0.15) is 17.0 Å². The molecule has 1 aliphatic rings. The van der Waals surface area contributed by atoms with Crippen molar-refractivity contribution in [3.63, 3.8) is 0 Å². The van der Waals surface area contributed by atoms with Gasteiger partial charge in [-0.15, -0.1) is 0 Å². The molecule has 0 spiro atoms. The second kappa shape index (κ2) is 8.47. The van der Waals surface area contributed by atoms with Crippen molar-refractivity contribution >= 4 is 38.5 Å². The molecule has 0 unspecified atom stereocenters. The molecule has 0 bridgehead atoms. The average molecular weight is 459 g/mol. The maximum absolute atomic E-state index is 13.6. The van der Waals surface area contributed by atoms with E-state index in [1.54, 1.807) is 25.1 Å². The number of benzene rings is 2. The Morgan fingerprint density at radius 1 is 1.28 bits per heavy atom. The summed E-state index contributed by atoms with van der Waals surface area (Å²) >= 11 is 3.44. The monoisotopic (exact) mass is 458 g/mol. The van der Waals surface area contributed by atoms with Gasteiger partial charge in [0.25, 0.3) is 5.91 Å². The number of nitrogens with zero attached hydrogens (tertiary/aromatic N) is 1. The van der Waals surface area contributed by atoms with Gasteiger partial charge in [-0.25, -0.2) is 9.38 Å². The van der Waals surface area contributed by atoms with Crippen molar-refractivity contribution in [2.24, 2.45) is 4.99 Å². The normalized spacial score (nSPS) is 17.1. The number of amides is 1. The van der Waals surface area contributed by atoms with Crippen LogP contribution in [0.5, 0.6) is 0 Å². The molecule has 1 atom stereocenters. The summed E-state index contributed by atoms with van der Waals surface area (Å²) in [4.78, 5) is 17.4. The van der Waals surface area contributed by atoms with Crippen LogP contribution in [0.2, 0.25) is 0 Å². The Labute approximate surface area is 175 Å². The largest absolute Gasteiger partial charge is 0.438 e. The summed E-state index contributed by atoms with van der Waals surface area (Å²) in [5, 5.41) is 3.69. The molecular formula is C22H20BrFN2O3. The van der Waals surface area contributed by atoms with E-state index in [4.69, 9.17) is 9.15 Å². The predicted molar refractivity (Wildman–Crippen MR) is 112 cm³/mol. The maximum Gasteiger partial charge on any atom is 0.256 e. The number of rotatable bonds is 4. The van der Waals surface area contributed by atoms with Crippen molar-refractivity contribution in [1.29, 1.82) is 0 Å². The van der Waals surface area contributed by atoms with Crippen LogP contribution in [0.25, 0.3) is 11.0 Å². The number of fused-ring (bicyclic) bond motifs is 1. The molecular weight excluding hydrogens is 439 g/mol. The lowest BCUT2D eigenvalue weighted by Crippen LogP contribution is -2.34. The van der Waals surface area contributed by atoms with Crippen LogP contribution in [0, 0.1) is 12.7 Å². The number of halogens is 2. The van der Waals surface area contributed by atoms with Gasteiger partial charge < -0.3 is 14.5 Å². The lowest BCUT2D eigenvalue weighted by molar-refractivity contribution is 0.0854. The van der Waals surface area contributed by atoms with Gasteiger partial charge in [-0.2, -0.15) is 0 Å². The fourth-order valence-electron chi connectivity index (χ4n) is 3.27. The van der Waals surface area contributed by atoms with Gasteiger partial charge in [0.05, 0.1) is 11.8 Å². The Balaban J connectivity index is 1.76. The molecule has 150 valence electrons. The maximum atomic E-state index is 13.6. The lowest BCUT2D eigenvalue weighted by atomic mass is 10.1. The molecule has 1 fully saturated rings. The highest BCUT2D eigenvalue weighted by Gasteiger charge is 2.18. The van der Waals surface area contributed by atoms with E-state index in [0.29, 0.717) is 28.9 Å². The van der Waals surface area contributed by atoms with E-state index in [2.05, 4.69) is 26.2 Å². The Kier molecular flexibility index (Phi) is 5.78. The van der Waals surface area contributed by atoms with Gasteiger partial charge in [0.15, 0.2) is 0 Å². The van der Waals surface area contributed by atoms with Crippen LogP contribution in [-0.4, -0.2) is 25.2 Å². The summed E-state index contributed by atoms with van der Waals surface area (Å²) in [5.41, 5.74) is 2.07. The first-order valence-electron chi connectivity index (χ1n) is 9.44. The number of carbonyl (C=O) groups is 1. The quantitative estimate of drug-likeness (QED) is 0.611. The Morgan fingerprint density at radius 2 is 2.14 bits per heavy atom. The standard InChI is InChI=1S/C22H20BrFN2O3/c1-13-9-16(5-6-19(13)24)26-22-18(21(27)25-12-17-3-2-8-28-17)11-14-10-15(23)4-7-20(14)29-22/h4-7,9-11,17H,2-3,8,12H2,1H3,(H,25,27)/t17-/m0/s1. The van der Waals surface area contributed by atoms with Crippen LogP contribution >= 0.6 is 15.9 Å². The molecule has 4 rings (SSSR count). The van der Waals surface area contributed by atoms with Gasteiger partial charge in [-0.1, -0.05) is 15.9 Å². The van der Waals surface area contributed by atoms with E-state index in [0.717, 1.165) is 29.3 Å². The van der Waals surface area contributed by atoms with Gasteiger partial charge in [0.2, 0.25) is 5.55 Å². The molecule has 1 saturated heterocycles. The Bertz CT molecular complexity index is 1140. The molecule has 2 heterocycles. The van der Waals surface area contributed by atoms with Crippen molar-refractivity contribution in [1.82, 2.24) is 5.32 Å². The molecule has 1 N–H and O–H groups in total. The van der Waals surface area contributed by atoms with Crippen LogP contribution in [0.15, 0.2) is 56.3 Å². The summed E-state index contributed by atoms with van der Waals surface area (Å²) < 4.78 is 26.0. The predicted octanol–water partition coefficient (Wildman–Crippen LogP) is 4.78. The van der Waals surface area contributed by atoms with E-state index in [1.165, 1.54) is 6.07 Å². The first-order valence-corrected chi connectivity index (χ1v) is 10.2. The molecule has 5 nitrogen and oxygen atoms in total. The second-order valence-electron chi connectivity index (χ2n) is 7.04. The summed E-state index contributed by atoms with van der Waals surface area (Å²) in [7, 11) is 0. The number of ether oxygens (including phenoxy) is 1. The van der Waals surface area contributed by atoms with Gasteiger partial charge in [0, 0.05) is 23.0 Å². The molecule has 29 heavy (non-hydrogen) atoms. The minimum absolute atomic E-state index is 0.0330. The van der Waals surface area contributed by atoms with E-state index in [-0.39, 0.29) is 23.4 Å². The Morgan fingerprint density at radius 3 is 2.90 bits per heavy atom. The molecule has 0 aliphatic carbocycles. The third-order valence-electron chi connectivity index (χ3n) is 4.84. The van der Waals surface area contributed by atoms with E-state index < -0.39 is 0 Å². The van der Waals surface area contributed by atoms with Crippen LogP contribution in [0.1, 0.15) is 28.8 Å².